The Morgan fingerprint density at radius 1 is 1.47 bits per heavy atom. The first-order chi connectivity index (χ1) is 9.00. The van der Waals surface area contributed by atoms with Crippen molar-refractivity contribution < 1.29 is 9.90 Å². The normalized spacial score (nSPS) is 22.2. The summed E-state index contributed by atoms with van der Waals surface area (Å²) >= 11 is 12.3. The van der Waals surface area contributed by atoms with E-state index in [1.54, 1.807) is 18.2 Å². The highest BCUT2D eigenvalue weighted by Crippen LogP contribution is 2.34. The van der Waals surface area contributed by atoms with Gasteiger partial charge in [0, 0.05) is 41.3 Å². The van der Waals surface area contributed by atoms with E-state index in [1.165, 1.54) is 0 Å². The number of carbonyl (C=O) groups is 1. The van der Waals surface area contributed by atoms with Crippen molar-refractivity contribution in [3.63, 3.8) is 0 Å². The number of benzene rings is 1. The van der Waals surface area contributed by atoms with Gasteiger partial charge in [-0.1, -0.05) is 29.3 Å². The van der Waals surface area contributed by atoms with Crippen molar-refractivity contribution in [1.82, 2.24) is 10.2 Å². The molecule has 2 unspecified atom stereocenters. The third-order valence-electron chi connectivity index (χ3n) is 3.27. The monoisotopic (exact) mass is 302 g/mol. The van der Waals surface area contributed by atoms with Crippen molar-refractivity contribution in [1.29, 1.82) is 0 Å². The molecular formula is C13H16Cl2N2O2. The molecule has 1 aliphatic rings. The minimum absolute atomic E-state index is 0.247. The Morgan fingerprint density at radius 3 is 2.63 bits per heavy atom. The maximum absolute atomic E-state index is 11.6. The van der Waals surface area contributed by atoms with Crippen LogP contribution in [0.5, 0.6) is 0 Å². The highest BCUT2D eigenvalue weighted by molar-refractivity contribution is 6.36. The number of halogens is 2. The second-order valence-corrected chi connectivity index (χ2v) is 5.54. The zero-order chi connectivity index (χ0) is 14.0. The van der Waals surface area contributed by atoms with Gasteiger partial charge in [0.25, 0.3) is 0 Å². The first-order valence-corrected chi connectivity index (χ1v) is 6.90. The van der Waals surface area contributed by atoms with Crippen LogP contribution in [0.15, 0.2) is 18.2 Å². The number of carboxylic acid groups (broad SMARTS) is 1. The summed E-state index contributed by atoms with van der Waals surface area (Å²) in [5, 5.41) is 13.6. The Labute approximate surface area is 122 Å². The van der Waals surface area contributed by atoms with Gasteiger partial charge in [0.1, 0.15) is 6.04 Å². The van der Waals surface area contributed by atoms with E-state index in [2.05, 4.69) is 5.32 Å². The first kappa shape index (κ1) is 14.6. The molecule has 19 heavy (non-hydrogen) atoms. The highest BCUT2D eigenvalue weighted by Gasteiger charge is 2.33. The summed E-state index contributed by atoms with van der Waals surface area (Å²) in [5.41, 5.74) is 0.479. The molecule has 0 aliphatic carbocycles. The molecule has 1 fully saturated rings. The van der Waals surface area contributed by atoms with Crippen molar-refractivity contribution >= 4 is 29.2 Å². The summed E-state index contributed by atoms with van der Waals surface area (Å²) < 4.78 is 0. The second-order valence-electron chi connectivity index (χ2n) is 4.73. The maximum atomic E-state index is 11.6. The molecule has 104 valence electrons. The van der Waals surface area contributed by atoms with Gasteiger partial charge in [-0.2, -0.15) is 0 Å². The Morgan fingerprint density at radius 2 is 2.11 bits per heavy atom. The van der Waals surface area contributed by atoms with Gasteiger partial charge >= 0.3 is 5.97 Å². The molecule has 6 heteroatoms. The fourth-order valence-corrected chi connectivity index (χ4v) is 3.03. The van der Waals surface area contributed by atoms with E-state index < -0.39 is 12.0 Å². The van der Waals surface area contributed by atoms with E-state index in [9.17, 15) is 9.90 Å². The number of aliphatic carboxylic acids is 1. The smallest absolute Gasteiger partial charge is 0.325 e. The molecule has 1 heterocycles. The van der Waals surface area contributed by atoms with Crippen LogP contribution in [0.1, 0.15) is 18.5 Å². The van der Waals surface area contributed by atoms with Crippen LogP contribution in [-0.2, 0) is 4.79 Å². The average Bonchev–Trinajstić information content (AvgIpc) is 2.33. The van der Waals surface area contributed by atoms with E-state index in [0.29, 0.717) is 28.7 Å². The summed E-state index contributed by atoms with van der Waals surface area (Å²) in [6.45, 7) is 4.09. The van der Waals surface area contributed by atoms with Gasteiger partial charge in [-0.25, -0.2) is 0 Å². The summed E-state index contributed by atoms with van der Waals surface area (Å²) in [6, 6.07) is 4.50. The molecule has 0 radical (unpaired) electrons. The minimum atomic E-state index is -0.927. The lowest BCUT2D eigenvalue weighted by molar-refractivity contribution is -0.144. The molecule has 4 nitrogen and oxygen atoms in total. The van der Waals surface area contributed by atoms with Crippen LogP contribution in [0.3, 0.4) is 0 Å². The SMILES string of the molecule is CC1CN(C(C(=O)O)c2c(Cl)cccc2Cl)CCN1. The van der Waals surface area contributed by atoms with E-state index in [0.717, 1.165) is 6.54 Å². The van der Waals surface area contributed by atoms with Crippen LogP contribution in [0.2, 0.25) is 10.0 Å². The topological polar surface area (TPSA) is 52.6 Å². The molecule has 2 N–H and O–H groups in total. The van der Waals surface area contributed by atoms with E-state index in [-0.39, 0.29) is 6.04 Å². The van der Waals surface area contributed by atoms with Gasteiger partial charge in [0.15, 0.2) is 0 Å². The number of hydrogen-bond acceptors (Lipinski definition) is 3. The number of piperazine rings is 1. The Balaban J connectivity index is 2.37. The zero-order valence-electron chi connectivity index (χ0n) is 10.6. The molecule has 0 spiro atoms. The first-order valence-electron chi connectivity index (χ1n) is 6.15. The van der Waals surface area contributed by atoms with Crippen molar-refractivity contribution in [2.45, 2.75) is 19.0 Å². The van der Waals surface area contributed by atoms with Crippen LogP contribution in [0.25, 0.3) is 0 Å². The molecule has 0 amide bonds. The van der Waals surface area contributed by atoms with E-state index in [4.69, 9.17) is 23.2 Å². The molecule has 0 aromatic heterocycles. The van der Waals surface area contributed by atoms with Crippen molar-refractivity contribution in [3.8, 4) is 0 Å². The molecule has 0 saturated carbocycles. The lowest BCUT2D eigenvalue weighted by Gasteiger charge is -2.36. The second kappa shape index (κ2) is 6.09. The van der Waals surface area contributed by atoms with Gasteiger partial charge in [-0.15, -0.1) is 0 Å². The fraction of sp³-hybridized carbons (Fsp3) is 0.462. The largest absolute Gasteiger partial charge is 0.480 e. The van der Waals surface area contributed by atoms with Crippen LogP contribution in [0, 0.1) is 0 Å². The van der Waals surface area contributed by atoms with Gasteiger partial charge in [-0.3, -0.25) is 9.69 Å². The minimum Gasteiger partial charge on any atom is -0.480 e. The Bertz CT molecular complexity index is 461. The fourth-order valence-electron chi connectivity index (χ4n) is 2.43. The Hall–Kier alpha value is -0.810. The number of hydrogen-bond donors (Lipinski definition) is 2. The Kier molecular flexibility index (Phi) is 4.68. The van der Waals surface area contributed by atoms with Crippen molar-refractivity contribution in [2.24, 2.45) is 0 Å². The molecular weight excluding hydrogens is 287 g/mol. The van der Waals surface area contributed by atoms with Crippen molar-refractivity contribution in [2.75, 3.05) is 19.6 Å². The molecule has 2 rings (SSSR count). The van der Waals surface area contributed by atoms with Gasteiger partial charge < -0.3 is 10.4 Å². The summed E-state index contributed by atoms with van der Waals surface area (Å²) in [4.78, 5) is 13.5. The third-order valence-corrected chi connectivity index (χ3v) is 3.93. The quantitative estimate of drug-likeness (QED) is 0.900. The lowest BCUT2D eigenvalue weighted by atomic mass is 10.0. The van der Waals surface area contributed by atoms with Crippen LogP contribution in [-0.4, -0.2) is 41.7 Å². The highest BCUT2D eigenvalue weighted by atomic mass is 35.5. The van der Waals surface area contributed by atoms with E-state index in [1.807, 2.05) is 11.8 Å². The van der Waals surface area contributed by atoms with Crippen molar-refractivity contribution in [3.05, 3.63) is 33.8 Å². The predicted molar refractivity (Wildman–Crippen MR) is 75.9 cm³/mol. The lowest BCUT2D eigenvalue weighted by Crippen LogP contribution is -2.51. The predicted octanol–water partition coefficient (Wildman–Crippen LogP) is 2.41. The summed E-state index contributed by atoms with van der Waals surface area (Å²) in [5.74, 6) is -0.927. The van der Waals surface area contributed by atoms with Crippen LogP contribution >= 0.6 is 23.2 Å². The number of nitrogens with zero attached hydrogens (tertiary/aromatic N) is 1. The molecule has 1 saturated heterocycles. The van der Waals surface area contributed by atoms with Gasteiger partial charge in [0.05, 0.1) is 0 Å². The van der Waals surface area contributed by atoms with E-state index >= 15 is 0 Å². The molecule has 1 aliphatic heterocycles. The van der Waals surface area contributed by atoms with Gasteiger partial charge in [-0.05, 0) is 19.1 Å². The van der Waals surface area contributed by atoms with Gasteiger partial charge in [0.2, 0.25) is 0 Å². The standard InChI is InChI=1S/C13H16Cl2N2O2/c1-8-7-17(6-5-16-8)12(13(18)19)11-9(14)3-2-4-10(11)15/h2-4,8,12,16H,5-7H2,1H3,(H,18,19). The zero-order valence-corrected chi connectivity index (χ0v) is 12.1. The summed E-state index contributed by atoms with van der Waals surface area (Å²) in [7, 11) is 0. The van der Waals surface area contributed by atoms with Crippen LogP contribution < -0.4 is 5.32 Å². The maximum Gasteiger partial charge on any atom is 0.325 e. The molecule has 1 aromatic carbocycles. The molecule has 0 bridgehead atoms. The average molecular weight is 303 g/mol. The summed E-state index contributed by atoms with van der Waals surface area (Å²) in [6.07, 6.45) is 0. The number of nitrogens with one attached hydrogen (secondary N) is 1. The molecule has 2 atom stereocenters. The molecule has 1 aromatic rings. The number of rotatable bonds is 3. The van der Waals surface area contributed by atoms with Crippen LogP contribution in [0.4, 0.5) is 0 Å². The third kappa shape index (κ3) is 3.20. The number of carboxylic acids is 1.